The first-order chi connectivity index (χ1) is 9.56. The molecule has 0 bridgehead atoms. The number of carboxylic acid groups (broad SMARTS) is 1. The zero-order chi connectivity index (χ0) is 15.3. The fourth-order valence-corrected chi connectivity index (χ4v) is 2.50. The summed E-state index contributed by atoms with van der Waals surface area (Å²) in [6.07, 6.45) is 13.3. The summed E-state index contributed by atoms with van der Waals surface area (Å²) in [5.74, 6) is 0. The standard InChI is InChI=1S/C17H35NO2/c1-4-6-7-8-9-10-11-12-13-14-15-16-18(3,5-2)17(19)20/h4-16H2,1-3H3. The van der Waals surface area contributed by atoms with Crippen molar-refractivity contribution >= 4 is 6.09 Å². The summed E-state index contributed by atoms with van der Waals surface area (Å²) in [5, 5.41) is 11.0. The molecule has 0 aromatic heterocycles. The summed E-state index contributed by atoms with van der Waals surface area (Å²) in [7, 11) is 1.76. The average molecular weight is 285 g/mol. The average Bonchev–Trinajstić information content (AvgIpc) is 2.44. The first-order valence-electron chi connectivity index (χ1n) is 8.63. The predicted octanol–water partition coefficient (Wildman–Crippen LogP) is 4.11. The van der Waals surface area contributed by atoms with Gasteiger partial charge in [-0.05, 0) is 19.8 Å². The van der Waals surface area contributed by atoms with Crippen LogP contribution in [0.25, 0.3) is 0 Å². The molecule has 3 heteroatoms. The minimum atomic E-state index is -0.945. The van der Waals surface area contributed by atoms with Crippen molar-refractivity contribution in [1.82, 2.24) is 0 Å². The molecule has 0 heterocycles. The van der Waals surface area contributed by atoms with E-state index in [-0.39, 0.29) is 4.48 Å². The molecule has 0 rings (SSSR count). The van der Waals surface area contributed by atoms with E-state index in [1.165, 1.54) is 57.8 Å². The molecule has 0 spiro atoms. The van der Waals surface area contributed by atoms with E-state index in [4.69, 9.17) is 0 Å². The van der Waals surface area contributed by atoms with Crippen LogP contribution in [0.5, 0.6) is 0 Å². The highest BCUT2D eigenvalue weighted by Crippen LogP contribution is 2.12. The minimum absolute atomic E-state index is 0.0530. The lowest BCUT2D eigenvalue weighted by atomic mass is 10.1. The van der Waals surface area contributed by atoms with Gasteiger partial charge >= 0.3 is 0 Å². The second-order valence-electron chi connectivity index (χ2n) is 6.24. The van der Waals surface area contributed by atoms with E-state index in [1.807, 2.05) is 6.92 Å². The Morgan fingerprint density at radius 3 is 1.55 bits per heavy atom. The predicted molar refractivity (Wildman–Crippen MR) is 83.4 cm³/mol. The van der Waals surface area contributed by atoms with Gasteiger partial charge in [-0.25, -0.2) is 0 Å². The Morgan fingerprint density at radius 2 is 1.20 bits per heavy atom. The van der Waals surface area contributed by atoms with E-state index in [0.717, 1.165) is 12.8 Å². The third-order valence-corrected chi connectivity index (χ3v) is 4.39. The number of carbonyl (C=O) groups is 1. The van der Waals surface area contributed by atoms with E-state index in [0.29, 0.717) is 13.1 Å². The number of quaternary nitrogens is 1. The highest BCUT2D eigenvalue weighted by atomic mass is 16.4. The molecule has 20 heavy (non-hydrogen) atoms. The Morgan fingerprint density at radius 1 is 0.800 bits per heavy atom. The fraction of sp³-hybridized carbons (Fsp3) is 0.941. The van der Waals surface area contributed by atoms with E-state index in [9.17, 15) is 9.90 Å². The quantitative estimate of drug-likeness (QED) is 0.377. The van der Waals surface area contributed by atoms with Gasteiger partial charge in [0, 0.05) is 0 Å². The second-order valence-corrected chi connectivity index (χ2v) is 6.24. The molecule has 0 aromatic carbocycles. The van der Waals surface area contributed by atoms with E-state index >= 15 is 0 Å². The Hall–Kier alpha value is -0.570. The Labute approximate surface area is 126 Å². The summed E-state index contributed by atoms with van der Waals surface area (Å²) in [4.78, 5) is 11.0. The molecule has 1 amide bonds. The first kappa shape index (κ1) is 19.4. The number of unbranched alkanes of at least 4 members (excludes halogenated alkanes) is 10. The van der Waals surface area contributed by atoms with Crippen LogP contribution in [0.15, 0.2) is 0 Å². The molecule has 120 valence electrons. The number of carbonyl (C=O) groups excluding carboxylic acids is 1. The van der Waals surface area contributed by atoms with Crippen molar-refractivity contribution in [2.45, 2.75) is 84.5 Å². The maximum Gasteiger partial charge on any atom is 0.257 e. The van der Waals surface area contributed by atoms with Gasteiger partial charge in [-0.3, -0.25) is 4.48 Å². The highest BCUT2D eigenvalue weighted by Gasteiger charge is 2.20. The molecule has 0 aliphatic heterocycles. The van der Waals surface area contributed by atoms with Crippen LogP contribution >= 0.6 is 0 Å². The second kappa shape index (κ2) is 12.2. The van der Waals surface area contributed by atoms with Gasteiger partial charge in [-0.2, -0.15) is 0 Å². The first-order valence-corrected chi connectivity index (χ1v) is 8.63. The molecule has 0 saturated carbocycles. The molecule has 1 unspecified atom stereocenters. The molecular formula is C17H35NO2. The lowest BCUT2D eigenvalue weighted by Gasteiger charge is -2.32. The molecule has 0 radical (unpaired) electrons. The zero-order valence-corrected chi connectivity index (χ0v) is 14.0. The fourth-order valence-electron chi connectivity index (χ4n) is 2.50. The van der Waals surface area contributed by atoms with Crippen molar-refractivity contribution in [2.75, 3.05) is 20.1 Å². The van der Waals surface area contributed by atoms with Gasteiger partial charge in [0.25, 0.3) is 6.09 Å². The normalized spacial score (nSPS) is 14.2. The van der Waals surface area contributed by atoms with Gasteiger partial charge in [0.1, 0.15) is 0 Å². The van der Waals surface area contributed by atoms with Crippen LogP contribution in [0.4, 0.5) is 4.79 Å². The summed E-state index contributed by atoms with van der Waals surface area (Å²) < 4.78 is 0.0530. The summed E-state index contributed by atoms with van der Waals surface area (Å²) in [6.45, 7) is 5.48. The topological polar surface area (TPSA) is 40.1 Å². The summed E-state index contributed by atoms with van der Waals surface area (Å²) in [5.41, 5.74) is 0. The maximum absolute atomic E-state index is 11.0. The molecular weight excluding hydrogens is 250 g/mol. The van der Waals surface area contributed by atoms with Crippen LogP contribution in [0, 0.1) is 0 Å². The van der Waals surface area contributed by atoms with Crippen LogP contribution in [0.1, 0.15) is 84.5 Å². The lowest BCUT2D eigenvalue weighted by Crippen LogP contribution is -2.56. The van der Waals surface area contributed by atoms with Gasteiger partial charge in [0.15, 0.2) is 0 Å². The monoisotopic (exact) mass is 285 g/mol. The van der Waals surface area contributed by atoms with Crippen LogP contribution in [-0.4, -0.2) is 30.7 Å². The summed E-state index contributed by atoms with van der Waals surface area (Å²) >= 11 is 0. The number of rotatable bonds is 13. The van der Waals surface area contributed by atoms with Crippen LogP contribution in [-0.2, 0) is 0 Å². The maximum atomic E-state index is 11.0. The van der Waals surface area contributed by atoms with Crippen molar-refractivity contribution in [3.05, 3.63) is 0 Å². The molecule has 0 aliphatic rings. The van der Waals surface area contributed by atoms with Crippen molar-refractivity contribution in [1.29, 1.82) is 0 Å². The Bertz CT molecular complexity index is 243. The largest absolute Gasteiger partial charge is 0.498 e. The highest BCUT2D eigenvalue weighted by molar-refractivity contribution is 5.53. The molecule has 0 aromatic rings. The Balaban J connectivity index is 3.34. The van der Waals surface area contributed by atoms with Crippen molar-refractivity contribution in [3.8, 4) is 0 Å². The summed E-state index contributed by atoms with van der Waals surface area (Å²) in [6, 6.07) is 0. The molecule has 3 nitrogen and oxygen atoms in total. The van der Waals surface area contributed by atoms with Crippen LogP contribution in [0.2, 0.25) is 0 Å². The van der Waals surface area contributed by atoms with E-state index in [2.05, 4.69) is 6.92 Å². The minimum Gasteiger partial charge on any atom is -0.498 e. The van der Waals surface area contributed by atoms with Crippen LogP contribution < -0.4 is 5.11 Å². The van der Waals surface area contributed by atoms with E-state index in [1.54, 1.807) is 7.05 Å². The number of amides is 1. The molecule has 0 aliphatic carbocycles. The van der Waals surface area contributed by atoms with Gasteiger partial charge in [0.05, 0.1) is 20.1 Å². The van der Waals surface area contributed by atoms with Crippen LogP contribution in [0.3, 0.4) is 0 Å². The van der Waals surface area contributed by atoms with Gasteiger partial charge in [-0.15, -0.1) is 0 Å². The zero-order valence-electron chi connectivity index (χ0n) is 14.0. The molecule has 0 N–H and O–H groups in total. The smallest absolute Gasteiger partial charge is 0.257 e. The SMILES string of the molecule is CCCCCCCCCCCCC[N+](C)(CC)C(=O)[O-]. The van der Waals surface area contributed by atoms with Gasteiger partial charge in [0.2, 0.25) is 0 Å². The number of nitrogens with zero attached hydrogens (tertiary/aromatic N) is 1. The third kappa shape index (κ3) is 9.35. The molecule has 0 saturated heterocycles. The van der Waals surface area contributed by atoms with E-state index < -0.39 is 6.09 Å². The van der Waals surface area contributed by atoms with Crippen molar-refractivity contribution < 1.29 is 14.4 Å². The van der Waals surface area contributed by atoms with Gasteiger partial charge < -0.3 is 9.90 Å². The van der Waals surface area contributed by atoms with Crippen molar-refractivity contribution in [2.24, 2.45) is 0 Å². The molecule has 1 atom stereocenters. The Kier molecular flexibility index (Phi) is 11.8. The molecule has 0 fully saturated rings. The van der Waals surface area contributed by atoms with Crippen molar-refractivity contribution in [3.63, 3.8) is 0 Å². The lowest BCUT2D eigenvalue weighted by molar-refractivity contribution is -0.855. The number of hydrogen-bond acceptors (Lipinski definition) is 2. The third-order valence-electron chi connectivity index (χ3n) is 4.39. The number of hydrogen-bond donors (Lipinski definition) is 0. The van der Waals surface area contributed by atoms with Gasteiger partial charge in [-0.1, -0.05) is 64.7 Å².